The van der Waals surface area contributed by atoms with Gasteiger partial charge < -0.3 is 0 Å². The number of hydrogen-bond donors (Lipinski definition) is 0. The summed E-state index contributed by atoms with van der Waals surface area (Å²) in [6, 6.07) is 11.4. The molecule has 0 aromatic heterocycles. The number of fused-ring (bicyclic) bond motifs is 2. The predicted molar refractivity (Wildman–Crippen MR) is 61.0 cm³/mol. The number of rotatable bonds is 0. The maximum atomic E-state index is 11.6. The first-order valence-corrected chi connectivity index (χ1v) is 4.97. The molecule has 0 atom stereocenters. The van der Waals surface area contributed by atoms with Gasteiger partial charge in [-0.1, -0.05) is 24.3 Å². The number of hydrogen-bond acceptors (Lipinski definition) is 2. The lowest BCUT2D eigenvalue weighted by molar-refractivity contribution is -0.111. The number of ketones is 2. The van der Waals surface area contributed by atoms with Crippen LogP contribution in [0.3, 0.4) is 0 Å². The Hall–Kier alpha value is -2.22. The molecule has 0 bridgehead atoms. The van der Waals surface area contributed by atoms with Crippen molar-refractivity contribution in [1.82, 2.24) is 0 Å². The van der Waals surface area contributed by atoms with Crippen LogP contribution in [-0.2, 0) is 4.79 Å². The smallest absolute Gasteiger partial charge is 0.234 e. The van der Waals surface area contributed by atoms with Crippen molar-refractivity contribution >= 4 is 28.4 Å². The van der Waals surface area contributed by atoms with Gasteiger partial charge in [0.25, 0.3) is 0 Å². The zero-order valence-electron chi connectivity index (χ0n) is 8.36. The van der Waals surface area contributed by atoms with Crippen LogP contribution >= 0.6 is 0 Å². The van der Waals surface area contributed by atoms with Crippen molar-refractivity contribution in [1.29, 1.82) is 0 Å². The van der Waals surface area contributed by atoms with Crippen LogP contribution in [0.25, 0.3) is 16.8 Å². The molecular formula is C14H7O2. The van der Waals surface area contributed by atoms with Crippen molar-refractivity contribution in [2.45, 2.75) is 0 Å². The van der Waals surface area contributed by atoms with Crippen LogP contribution in [0.4, 0.5) is 0 Å². The van der Waals surface area contributed by atoms with E-state index in [1.165, 1.54) is 0 Å². The Kier molecular flexibility index (Phi) is 1.77. The van der Waals surface area contributed by atoms with E-state index in [9.17, 15) is 9.59 Å². The Morgan fingerprint density at radius 1 is 0.938 bits per heavy atom. The average molecular weight is 207 g/mol. The fourth-order valence-electron chi connectivity index (χ4n) is 1.91. The van der Waals surface area contributed by atoms with Gasteiger partial charge in [0.15, 0.2) is 0 Å². The summed E-state index contributed by atoms with van der Waals surface area (Å²) in [6.07, 6.45) is 4.01. The summed E-state index contributed by atoms with van der Waals surface area (Å²) in [5, 5.41) is 2.03. The predicted octanol–water partition coefficient (Wildman–Crippen LogP) is 2.42. The Bertz CT molecular complexity index is 651. The van der Waals surface area contributed by atoms with E-state index in [1.807, 2.05) is 30.3 Å². The summed E-state index contributed by atoms with van der Waals surface area (Å²) in [6.45, 7) is 0. The topological polar surface area (TPSA) is 34.1 Å². The van der Waals surface area contributed by atoms with Gasteiger partial charge in [-0.2, -0.15) is 0 Å². The maximum absolute atomic E-state index is 11.6. The fourth-order valence-corrected chi connectivity index (χ4v) is 1.91. The van der Waals surface area contributed by atoms with Gasteiger partial charge in [-0.05, 0) is 34.5 Å². The summed E-state index contributed by atoms with van der Waals surface area (Å²) in [4.78, 5) is 22.8. The Morgan fingerprint density at radius 2 is 1.62 bits per heavy atom. The molecule has 0 fully saturated rings. The SMILES string of the molecule is O=C1[C]=Cc2cc3ccccc3cc2C1=O. The summed E-state index contributed by atoms with van der Waals surface area (Å²) in [7, 11) is 0. The molecule has 1 aliphatic rings. The van der Waals surface area contributed by atoms with E-state index < -0.39 is 11.6 Å². The second kappa shape index (κ2) is 3.14. The van der Waals surface area contributed by atoms with E-state index >= 15 is 0 Å². The molecule has 1 radical (unpaired) electrons. The van der Waals surface area contributed by atoms with Crippen LogP contribution in [0.15, 0.2) is 36.4 Å². The summed E-state index contributed by atoms with van der Waals surface area (Å²) in [5.74, 6) is -1.04. The quantitative estimate of drug-likeness (QED) is 0.622. The van der Waals surface area contributed by atoms with E-state index in [0.717, 1.165) is 16.3 Å². The highest BCUT2D eigenvalue weighted by atomic mass is 16.2. The Balaban J connectivity index is 2.37. The number of Topliss-reactive ketones (excluding diaryl/α,β-unsaturated/α-hetero) is 2. The van der Waals surface area contributed by atoms with Gasteiger partial charge in [-0.3, -0.25) is 9.59 Å². The molecule has 2 aromatic rings. The minimum absolute atomic E-state index is 0.469. The van der Waals surface area contributed by atoms with E-state index in [0.29, 0.717) is 5.56 Å². The van der Waals surface area contributed by atoms with Gasteiger partial charge in [0.2, 0.25) is 11.6 Å². The number of carbonyl (C=O) groups excluding carboxylic acids is 2. The van der Waals surface area contributed by atoms with Crippen LogP contribution < -0.4 is 0 Å². The Morgan fingerprint density at radius 3 is 2.38 bits per heavy atom. The maximum Gasteiger partial charge on any atom is 0.234 e. The number of allylic oxidation sites excluding steroid dienone is 1. The molecule has 16 heavy (non-hydrogen) atoms. The third-order valence-electron chi connectivity index (χ3n) is 2.73. The minimum atomic E-state index is -0.567. The lowest BCUT2D eigenvalue weighted by Gasteiger charge is -2.09. The first-order chi connectivity index (χ1) is 7.75. The van der Waals surface area contributed by atoms with E-state index in [1.54, 1.807) is 12.1 Å². The highest BCUT2D eigenvalue weighted by Crippen LogP contribution is 2.24. The van der Waals surface area contributed by atoms with Crippen molar-refractivity contribution in [2.24, 2.45) is 0 Å². The molecule has 0 saturated heterocycles. The highest BCUT2D eigenvalue weighted by Gasteiger charge is 2.21. The van der Waals surface area contributed by atoms with E-state index in [-0.39, 0.29) is 0 Å². The summed E-state index contributed by atoms with van der Waals surface area (Å²) < 4.78 is 0. The molecule has 2 nitrogen and oxygen atoms in total. The first-order valence-electron chi connectivity index (χ1n) is 4.97. The van der Waals surface area contributed by atoms with Gasteiger partial charge in [0, 0.05) is 11.6 Å². The van der Waals surface area contributed by atoms with Gasteiger partial charge in [0.1, 0.15) is 0 Å². The third kappa shape index (κ3) is 1.20. The van der Waals surface area contributed by atoms with Crippen molar-refractivity contribution in [3.63, 3.8) is 0 Å². The highest BCUT2D eigenvalue weighted by molar-refractivity contribution is 6.48. The summed E-state index contributed by atoms with van der Waals surface area (Å²) in [5.41, 5.74) is 1.24. The average Bonchev–Trinajstić information content (AvgIpc) is 2.32. The van der Waals surface area contributed by atoms with Gasteiger partial charge in [-0.25, -0.2) is 0 Å². The van der Waals surface area contributed by atoms with Crippen molar-refractivity contribution in [3.8, 4) is 0 Å². The Labute approximate surface area is 92.2 Å². The summed E-state index contributed by atoms with van der Waals surface area (Å²) >= 11 is 0. The monoisotopic (exact) mass is 207 g/mol. The van der Waals surface area contributed by atoms with Crippen molar-refractivity contribution in [3.05, 3.63) is 53.6 Å². The molecule has 0 amide bonds. The molecule has 0 aliphatic heterocycles. The lowest BCUT2D eigenvalue weighted by Crippen LogP contribution is -2.16. The van der Waals surface area contributed by atoms with E-state index in [4.69, 9.17) is 0 Å². The second-order valence-electron chi connectivity index (χ2n) is 3.73. The molecule has 2 aromatic carbocycles. The zero-order valence-corrected chi connectivity index (χ0v) is 8.36. The standard InChI is InChI=1S/C14H7O2/c15-13-6-5-11-7-9-3-1-2-4-10(9)8-12(11)14(13)16/h1-5,7-8H. The molecule has 0 spiro atoms. The minimum Gasteiger partial charge on any atom is -0.285 e. The molecule has 0 unspecified atom stereocenters. The molecular weight excluding hydrogens is 200 g/mol. The fraction of sp³-hybridized carbons (Fsp3) is 0. The van der Waals surface area contributed by atoms with Crippen LogP contribution in [0.5, 0.6) is 0 Å². The molecule has 2 heteroatoms. The number of benzene rings is 2. The molecule has 1 aliphatic carbocycles. The van der Waals surface area contributed by atoms with Gasteiger partial charge in [0.05, 0.1) is 0 Å². The molecule has 0 saturated carbocycles. The van der Waals surface area contributed by atoms with E-state index in [2.05, 4.69) is 6.08 Å². The molecule has 75 valence electrons. The molecule has 0 heterocycles. The number of carbonyl (C=O) groups is 2. The molecule has 0 N–H and O–H groups in total. The van der Waals surface area contributed by atoms with Gasteiger partial charge >= 0.3 is 0 Å². The van der Waals surface area contributed by atoms with Crippen molar-refractivity contribution in [2.75, 3.05) is 0 Å². The van der Waals surface area contributed by atoms with Crippen LogP contribution in [0, 0.1) is 6.08 Å². The largest absolute Gasteiger partial charge is 0.285 e. The van der Waals surface area contributed by atoms with Crippen LogP contribution in [-0.4, -0.2) is 11.6 Å². The lowest BCUT2D eigenvalue weighted by atomic mass is 9.92. The first kappa shape index (κ1) is 9.04. The van der Waals surface area contributed by atoms with Crippen LogP contribution in [0.1, 0.15) is 15.9 Å². The van der Waals surface area contributed by atoms with Gasteiger partial charge in [-0.15, -0.1) is 0 Å². The molecule has 3 rings (SSSR count). The normalized spacial score (nSPS) is 14.2. The zero-order chi connectivity index (χ0) is 11.1. The third-order valence-corrected chi connectivity index (χ3v) is 2.73. The van der Waals surface area contributed by atoms with Crippen molar-refractivity contribution < 1.29 is 9.59 Å². The van der Waals surface area contributed by atoms with Crippen LogP contribution in [0.2, 0.25) is 0 Å². The second-order valence-corrected chi connectivity index (χ2v) is 3.73.